The molecule has 1 spiro atoms. The van der Waals surface area contributed by atoms with Crippen molar-refractivity contribution in [1.29, 1.82) is 0 Å². The molecule has 3 rings (SSSR count). The summed E-state index contributed by atoms with van der Waals surface area (Å²) in [5.41, 5.74) is 1.86. The van der Waals surface area contributed by atoms with Gasteiger partial charge in [0.2, 0.25) is 0 Å². The fourth-order valence-corrected chi connectivity index (χ4v) is 3.50. The standard InChI is InChI=1S/C14H18Cl2N2.2ClH/c15-12-2-1-11(7-13(12)16)8-18-9-14(10-18)3-5-17-6-4-14;;/h1-2,7,17H,3-6,8-10H2;2*1H. The molecule has 0 saturated carbocycles. The second kappa shape index (κ2) is 7.53. The fourth-order valence-electron chi connectivity index (χ4n) is 3.18. The average Bonchev–Trinajstić information content (AvgIpc) is 2.33. The van der Waals surface area contributed by atoms with Gasteiger partial charge in [-0.3, -0.25) is 4.90 Å². The van der Waals surface area contributed by atoms with Gasteiger partial charge in [-0.15, -0.1) is 24.8 Å². The number of rotatable bonds is 2. The molecule has 2 aliphatic rings. The lowest BCUT2D eigenvalue weighted by Crippen LogP contribution is -2.59. The van der Waals surface area contributed by atoms with Crippen molar-refractivity contribution >= 4 is 48.0 Å². The highest BCUT2D eigenvalue weighted by Gasteiger charge is 2.42. The summed E-state index contributed by atoms with van der Waals surface area (Å²) in [6.07, 6.45) is 2.65. The van der Waals surface area contributed by atoms with Gasteiger partial charge in [-0.25, -0.2) is 0 Å². The largest absolute Gasteiger partial charge is 0.317 e. The quantitative estimate of drug-likeness (QED) is 0.859. The zero-order valence-electron chi connectivity index (χ0n) is 11.2. The first kappa shape index (κ1) is 18.3. The highest BCUT2D eigenvalue weighted by atomic mass is 35.5. The van der Waals surface area contributed by atoms with Gasteiger partial charge < -0.3 is 5.32 Å². The molecule has 1 N–H and O–H groups in total. The predicted molar refractivity (Wildman–Crippen MR) is 90.8 cm³/mol. The molecule has 2 heterocycles. The van der Waals surface area contributed by atoms with Crippen molar-refractivity contribution in [2.75, 3.05) is 26.2 Å². The maximum atomic E-state index is 6.04. The van der Waals surface area contributed by atoms with Gasteiger partial charge in [0.1, 0.15) is 0 Å². The first-order valence-electron chi connectivity index (χ1n) is 6.54. The Balaban J connectivity index is 0.000001000. The predicted octanol–water partition coefficient (Wildman–Crippen LogP) is 4.02. The van der Waals surface area contributed by atoms with Crippen LogP contribution in [0.15, 0.2) is 18.2 Å². The van der Waals surface area contributed by atoms with Crippen molar-refractivity contribution in [2.24, 2.45) is 5.41 Å². The average molecular weight is 358 g/mol. The van der Waals surface area contributed by atoms with Crippen molar-refractivity contribution in [1.82, 2.24) is 10.2 Å². The molecule has 2 fully saturated rings. The van der Waals surface area contributed by atoms with Crippen LogP contribution in [0.25, 0.3) is 0 Å². The second-order valence-corrected chi connectivity index (χ2v) is 6.46. The summed E-state index contributed by atoms with van der Waals surface area (Å²) in [4.78, 5) is 2.50. The first-order valence-corrected chi connectivity index (χ1v) is 7.30. The lowest BCUT2D eigenvalue weighted by molar-refractivity contribution is -0.0282. The van der Waals surface area contributed by atoms with Gasteiger partial charge in [-0.2, -0.15) is 0 Å². The molecule has 2 aliphatic heterocycles. The summed E-state index contributed by atoms with van der Waals surface area (Å²) in [6.45, 7) is 5.82. The minimum absolute atomic E-state index is 0. The number of nitrogens with one attached hydrogen (secondary N) is 1. The zero-order valence-corrected chi connectivity index (χ0v) is 14.3. The molecular formula is C14H20Cl4N2. The van der Waals surface area contributed by atoms with E-state index in [0.29, 0.717) is 15.5 Å². The Hall–Kier alpha value is 0.300. The molecule has 114 valence electrons. The van der Waals surface area contributed by atoms with Crippen molar-refractivity contribution in [3.05, 3.63) is 33.8 Å². The van der Waals surface area contributed by atoms with E-state index in [1.807, 2.05) is 12.1 Å². The third-order valence-corrected chi connectivity index (χ3v) is 4.91. The molecule has 0 atom stereocenters. The Morgan fingerprint density at radius 2 is 1.70 bits per heavy atom. The molecular weight excluding hydrogens is 338 g/mol. The van der Waals surface area contributed by atoms with Crippen molar-refractivity contribution in [3.8, 4) is 0 Å². The normalized spacial score (nSPS) is 20.7. The van der Waals surface area contributed by atoms with Crippen LogP contribution in [0.4, 0.5) is 0 Å². The molecule has 0 amide bonds. The summed E-state index contributed by atoms with van der Waals surface area (Å²) in [6, 6.07) is 5.94. The van der Waals surface area contributed by atoms with Crippen LogP contribution in [0.5, 0.6) is 0 Å². The minimum atomic E-state index is 0. The Morgan fingerprint density at radius 1 is 1.05 bits per heavy atom. The van der Waals surface area contributed by atoms with E-state index in [2.05, 4.69) is 16.3 Å². The Bertz CT molecular complexity index is 439. The Labute approximate surface area is 143 Å². The molecule has 0 aromatic heterocycles. The van der Waals surface area contributed by atoms with Gasteiger partial charge in [0.25, 0.3) is 0 Å². The number of hydrogen-bond donors (Lipinski definition) is 1. The Kier molecular flexibility index (Phi) is 6.91. The summed E-state index contributed by atoms with van der Waals surface area (Å²) < 4.78 is 0. The van der Waals surface area contributed by atoms with E-state index < -0.39 is 0 Å². The van der Waals surface area contributed by atoms with E-state index in [-0.39, 0.29) is 24.8 Å². The van der Waals surface area contributed by atoms with Crippen LogP contribution in [-0.4, -0.2) is 31.1 Å². The van der Waals surface area contributed by atoms with E-state index in [4.69, 9.17) is 23.2 Å². The highest BCUT2D eigenvalue weighted by Crippen LogP contribution is 2.39. The van der Waals surface area contributed by atoms with E-state index in [9.17, 15) is 0 Å². The number of piperidine rings is 1. The van der Waals surface area contributed by atoms with Crippen LogP contribution in [0, 0.1) is 5.41 Å². The fraction of sp³-hybridized carbons (Fsp3) is 0.571. The van der Waals surface area contributed by atoms with Crippen LogP contribution < -0.4 is 5.32 Å². The summed E-state index contributed by atoms with van der Waals surface area (Å²) >= 11 is 12.0. The molecule has 6 heteroatoms. The van der Waals surface area contributed by atoms with E-state index >= 15 is 0 Å². The summed E-state index contributed by atoms with van der Waals surface area (Å²) in [5, 5.41) is 4.73. The number of likely N-dealkylation sites (tertiary alicyclic amines) is 1. The van der Waals surface area contributed by atoms with Gasteiger partial charge >= 0.3 is 0 Å². The molecule has 1 aromatic rings. The van der Waals surface area contributed by atoms with Crippen molar-refractivity contribution in [3.63, 3.8) is 0 Å². The highest BCUT2D eigenvalue weighted by molar-refractivity contribution is 6.42. The number of hydrogen-bond acceptors (Lipinski definition) is 2. The van der Waals surface area contributed by atoms with E-state index in [1.54, 1.807) is 0 Å². The molecule has 0 bridgehead atoms. The SMILES string of the molecule is Cl.Cl.Clc1ccc(CN2CC3(CCNCC3)C2)cc1Cl. The molecule has 20 heavy (non-hydrogen) atoms. The molecule has 2 nitrogen and oxygen atoms in total. The number of halogens is 4. The van der Waals surface area contributed by atoms with Crippen molar-refractivity contribution < 1.29 is 0 Å². The van der Waals surface area contributed by atoms with Gasteiger partial charge in [0.15, 0.2) is 0 Å². The topological polar surface area (TPSA) is 15.3 Å². The van der Waals surface area contributed by atoms with Crippen LogP contribution >= 0.6 is 48.0 Å². The van der Waals surface area contributed by atoms with Gasteiger partial charge in [0.05, 0.1) is 10.0 Å². The third-order valence-electron chi connectivity index (χ3n) is 4.17. The van der Waals surface area contributed by atoms with Crippen LogP contribution in [0.2, 0.25) is 10.0 Å². The minimum Gasteiger partial charge on any atom is -0.317 e. The smallest absolute Gasteiger partial charge is 0.0595 e. The lowest BCUT2D eigenvalue weighted by atomic mass is 9.72. The monoisotopic (exact) mass is 356 g/mol. The van der Waals surface area contributed by atoms with Crippen LogP contribution in [0.3, 0.4) is 0 Å². The zero-order chi connectivity index (χ0) is 12.6. The van der Waals surface area contributed by atoms with E-state index in [1.165, 1.54) is 44.6 Å². The molecule has 2 saturated heterocycles. The van der Waals surface area contributed by atoms with Gasteiger partial charge in [-0.1, -0.05) is 29.3 Å². The van der Waals surface area contributed by atoms with Gasteiger partial charge in [0, 0.05) is 19.6 Å². The molecule has 0 radical (unpaired) electrons. The second-order valence-electron chi connectivity index (χ2n) is 5.64. The Morgan fingerprint density at radius 3 is 2.30 bits per heavy atom. The van der Waals surface area contributed by atoms with E-state index in [0.717, 1.165) is 6.54 Å². The number of benzene rings is 1. The molecule has 0 aliphatic carbocycles. The summed E-state index contributed by atoms with van der Waals surface area (Å²) in [5.74, 6) is 0. The summed E-state index contributed by atoms with van der Waals surface area (Å²) in [7, 11) is 0. The maximum Gasteiger partial charge on any atom is 0.0595 e. The third kappa shape index (κ3) is 3.94. The van der Waals surface area contributed by atoms with Gasteiger partial charge in [-0.05, 0) is 49.0 Å². The number of nitrogens with zero attached hydrogens (tertiary/aromatic N) is 1. The molecule has 1 aromatic carbocycles. The van der Waals surface area contributed by atoms with Crippen LogP contribution in [0.1, 0.15) is 18.4 Å². The lowest BCUT2D eigenvalue weighted by Gasteiger charge is -2.52. The first-order chi connectivity index (χ1) is 8.67. The van der Waals surface area contributed by atoms with Crippen LogP contribution in [-0.2, 0) is 6.54 Å². The van der Waals surface area contributed by atoms with Crippen molar-refractivity contribution in [2.45, 2.75) is 19.4 Å². The maximum absolute atomic E-state index is 6.04. The molecule has 0 unspecified atom stereocenters.